The highest BCUT2D eigenvalue weighted by Gasteiger charge is 2.17. The Kier molecular flexibility index (Phi) is 3.53. The summed E-state index contributed by atoms with van der Waals surface area (Å²) in [6.45, 7) is 1.62. The minimum absolute atomic E-state index is 0.0319. The molecule has 0 aliphatic rings. The van der Waals surface area contributed by atoms with Gasteiger partial charge in [-0.1, -0.05) is 15.9 Å². The van der Waals surface area contributed by atoms with E-state index in [9.17, 15) is 8.78 Å². The molecule has 0 aliphatic carbocycles. The Labute approximate surface area is 88.7 Å². The zero-order chi connectivity index (χ0) is 10.7. The van der Waals surface area contributed by atoms with Crippen molar-refractivity contribution >= 4 is 15.9 Å². The second-order valence-electron chi connectivity index (χ2n) is 2.71. The fourth-order valence-electron chi connectivity index (χ4n) is 1.12. The predicted molar refractivity (Wildman–Crippen MR) is 51.3 cm³/mol. The first-order chi connectivity index (χ1) is 6.61. The van der Waals surface area contributed by atoms with Gasteiger partial charge in [0, 0.05) is 11.5 Å². The van der Waals surface area contributed by atoms with Crippen molar-refractivity contribution in [2.45, 2.75) is 18.7 Å². The van der Waals surface area contributed by atoms with Crippen molar-refractivity contribution in [3.63, 3.8) is 0 Å². The normalized spacial score (nSPS) is 10.3. The third-order valence-electron chi connectivity index (χ3n) is 1.93. The highest BCUT2D eigenvalue weighted by atomic mass is 79.9. The van der Waals surface area contributed by atoms with Crippen molar-refractivity contribution in [2.75, 3.05) is 0 Å². The molecule has 1 aromatic heterocycles. The van der Waals surface area contributed by atoms with Crippen LogP contribution in [0.25, 0.3) is 0 Å². The first-order valence-corrected chi connectivity index (χ1v) is 4.96. The van der Waals surface area contributed by atoms with E-state index in [2.05, 4.69) is 20.9 Å². The van der Waals surface area contributed by atoms with Gasteiger partial charge in [0.25, 0.3) is 6.43 Å². The number of hydrogen-bond acceptors (Lipinski definition) is 2. The van der Waals surface area contributed by atoms with E-state index in [-0.39, 0.29) is 11.1 Å². The van der Waals surface area contributed by atoms with Crippen LogP contribution in [-0.2, 0) is 5.33 Å². The average molecular weight is 261 g/mol. The zero-order valence-electron chi connectivity index (χ0n) is 7.39. The summed E-state index contributed by atoms with van der Waals surface area (Å²) in [6, 6.07) is 1.78. The largest absolute Gasteiger partial charge is 0.266 e. The van der Waals surface area contributed by atoms with E-state index >= 15 is 0 Å². The van der Waals surface area contributed by atoms with Gasteiger partial charge in [0.1, 0.15) is 6.07 Å². The van der Waals surface area contributed by atoms with Gasteiger partial charge < -0.3 is 0 Å². The second-order valence-corrected chi connectivity index (χ2v) is 3.27. The van der Waals surface area contributed by atoms with Gasteiger partial charge in [-0.25, -0.2) is 8.78 Å². The number of halogens is 3. The highest BCUT2D eigenvalue weighted by Crippen LogP contribution is 2.25. The molecule has 0 unspecified atom stereocenters. The number of hydrogen-bond donors (Lipinski definition) is 0. The van der Waals surface area contributed by atoms with Gasteiger partial charge >= 0.3 is 0 Å². The molecule has 0 spiro atoms. The van der Waals surface area contributed by atoms with E-state index in [4.69, 9.17) is 5.26 Å². The number of nitrogens with zero attached hydrogens (tertiary/aromatic N) is 2. The lowest BCUT2D eigenvalue weighted by atomic mass is 10.0. The molecule has 0 atom stereocenters. The summed E-state index contributed by atoms with van der Waals surface area (Å²) in [5, 5.41) is 9.20. The Morgan fingerprint density at radius 3 is 2.71 bits per heavy atom. The van der Waals surface area contributed by atoms with E-state index in [1.807, 2.05) is 0 Å². The Hall–Kier alpha value is -1.02. The molecule has 1 heterocycles. The lowest BCUT2D eigenvalue weighted by Gasteiger charge is -2.07. The lowest BCUT2D eigenvalue weighted by molar-refractivity contribution is 0.150. The van der Waals surface area contributed by atoms with Crippen molar-refractivity contribution < 1.29 is 8.78 Å². The van der Waals surface area contributed by atoms with E-state index < -0.39 is 6.43 Å². The third-order valence-corrected chi connectivity index (χ3v) is 2.46. The molecule has 0 aliphatic heterocycles. The second kappa shape index (κ2) is 4.47. The number of aromatic nitrogens is 1. The van der Waals surface area contributed by atoms with Crippen molar-refractivity contribution in [3.05, 3.63) is 28.6 Å². The third kappa shape index (κ3) is 1.90. The molecule has 1 aromatic rings. The quantitative estimate of drug-likeness (QED) is 0.767. The number of rotatable bonds is 2. The van der Waals surface area contributed by atoms with Crippen LogP contribution in [0.2, 0.25) is 0 Å². The maximum absolute atomic E-state index is 12.4. The van der Waals surface area contributed by atoms with Crippen molar-refractivity contribution in [2.24, 2.45) is 0 Å². The summed E-state index contributed by atoms with van der Waals surface area (Å²) in [7, 11) is 0. The van der Waals surface area contributed by atoms with Gasteiger partial charge in [-0.2, -0.15) is 5.26 Å². The molecule has 0 saturated carbocycles. The fraction of sp³-hybridized carbons (Fsp3) is 0.333. The van der Waals surface area contributed by atoms with Crippen LogP contribution in [0.4, 0.5) is 8.78 Å². The lowest BCUT2D eigenvalue weighted by Crippen LogP contribution is -2.00. The van der Waals surface area contributed by atoms with Crippen LogP contribution in [0.5, 0.6) is 0 Å². The summed E-state index contributed by atoms with van der Waals surface area (Å²) in [4.78, 5) is 3.85. The van der Waals surface area contributed by atoms with Gasteiger partial charge in [-0.3, -0.25) is 4.98 Å². The topological polar surface area (TPSA) is 36.7 Å². The maximum atomic E-state index is 12.4. The first-order valence-electron chi connectivity index (χ1n) is 3.84. The van der Waals surface area contributed by atoms with Crippen molar-refractivity contribution in [1.82, 2.24) is 4.98 Å². The van der Waals surface area contributed by atoms with Crippen LogP contribution in [0, 0.1) is 18.3 Å². The number of alkyl halides is 3. The van der Waals surface area contributed by atoms with E-state index in [0.717, 1.165) is 6.20 Å². The number of nitriles is 1. The van der Waals surface area contributed by atoms with Crippen LogP contribution < -0.4 is 0 Å². The Morgan fingerprint density at radius 2 is 2.29 bits per heavy atom. The predicted octanol–water partition coefficient (Wildman–Crippen LogP) is 3.09. The monoisotopic (exact) mass is 260 g/mol. The molecule has 0 fully saturated rings. The van der Waals surface area contributed by atoms with Crippen LogP contribution in [0.15, 0.2) is 6.20 Å². The summed E-state index contributed by atoms with van der Waals surface area (Å²) < 4.78 is 24.9. The summed E-state index contributed by atoms with van der Waals surface area (Å²) in [6.07, 6.45) is -1.59. The molecule has 0 N–H and O–H groups in total. The minimum atomic E-state index is -2.65. The molecule has 0 saturated heterocycles. The van der Waals surface area contributed by atoms with Crippen LogP contribution in [0.1, 0.15) is 28.8 Å². The molecule has 0 radical (unpaired) electrons. The van der Waals surface area contributed by atoms with Gasteiger partial charge in [-0.15, -0.1) is 0 Å². The SMILES string of the molecule is Cc1c(CBr)ncc(C(F)F)c1C#N. The molecule has 0 bridgehead atoms. The van der Waals surface area contributed by atoms with Gasteiger partial charge in [-0.05, 0) is 12.5 Å². The molecule has 14 heavy (non-hydrogen) atoms. The average Bonchev–Trinajstić information content (AvgIpc) is 2.17. The molecular formula is C9H7BrF2N2. The summed E-state index contributed by atoms with van der Waals surface area (Å²) in [5.74, 6) is 0. The Morgan fingerprint density at radius 1 is 1.64 bits per heavy atom. The molecule has 0 aromatic carbocycles. The molecular weight excluding hydrogens is 254 g/mol. The van der Waals surface area contributed by atoms with Crippen LogP contribution >= 0.6 is 15.9 Å². The van der Waals surface area contributed by atoms with Gasteiger partial charge in [0.15, 0.2) is 0 Å². The molecule has 1 rings (SSSR count). The zero-order valence-corrected chi connectivity index (χ0v) is 8.98. The Bertz CT molecular complexity index is 385. The smallest absolute Gasteiger partial charge is 0.260 e. The van der Waals surface area contributed by atoms with E-state index in [0.29, 0.717) is 16.6 Å². The van der Waals surface area contributed by atoms with E-state index in [1.54, 1.807) is 13.0 Å². The fourth-order valence-corrected chi connectivity index (χ4v) is 1.68. The van der Waals surface area contributed by atoms with Crippen LogP contribution in [0.3, 0.4) is 0 Å². The molecule has 2 nitrogen and oxygen atoms in total. The Balaban J connectivity index is 3.38. The summed E-state index contributed by atoms with van der Waals surface area (Å²) in [5.41, 5.74) is 0.868. The highest BCUT2D eigenvalue weighted by molar-refractivity contribution is 9.08. The summed E-state index contributed by atoms with van der Waals surface area (Å²) >= 11 is 3.17. The first kappa shape index (κ1) is 11.1. The molecule has 74 valence electrons. The molecule has 5 heteroatoms. The standard InChI is InChI=1S/C9H7BrF2N2/c1-5-6(3-13)7(9(11)12)4-14-8(5)2-10/h4,9H,2H2,1H3. The van der Waals surface area contributed by atoms with Gasteiger partial charge in [0.2, 0.25) is 0 Å². The molecule has 0 amide bonds. The minimum Gasteiger partial charge on any atom is -0.260 e. The van der Waals surface area contributed by atoms with Crippen LogP contribution in [-0.4, -0.2) is 4.98 Å². The van der Waals surface area contributed by atoms with Crippen molar-refractivity contribution in [1.29, 1.82) is 5.26 Å². The van der Waals surface area contributed by atoms with Gasteiger partial charge in [0.05, 0.1) is 16.8 Å². The number of pyridine rings is 1. The maximum Gasteiger partial charge on any atom is 0.266 e. The van der Waals surface area contributed by atoms with E-state index in [1.165, 1.54) is 0 Å². The van der Waals surface area contributed by atoms with Crippen molar-refractivity contribution in [3.8, 4) is 6.07 Å².